The topological polar surface area (TPSA) is 75.9 Å². The molecule has 0 atom stereocenters. The molecule has 1 aromatic heterocycles. The lowest BCUT2D eigenvalue weighted by atomic mass is 10.0. The van der Waals surface area contributed by atoms with E-state index in [1.54, 1.807) is 0 Å². The SMILES string of the molecule is NNc1ncnc(NCCC2CCCC2)c1Br. The third-order valence-corrected chi connectivity index (χ3v) is 4.00. The van der Waals surface area contributed by atoms with Crippen LogP contribution >= 0.6 is 15.9 Å². The second-order valence-corrected chi connectivity index (χ2v) is 5.19. The number of rotatable bonds is 5. The van der Waals surface area contributed by atoms with E-state index in [0.29, 0.717) is 5.82 Å². The van der Waals surface area contributed by atoms with Crippen LogP contribution in [0, 0.1) is 5.92 Å². The monoisotopic (exact) mass is 299 g/mol. The molecule has 0 aromatic carbocycles. The van der Waals surface area contributed by atoms with Crippen molar-refractivity contribution < 1.29 is 0 Å². The highest BCUT2D eigenvalue weighted by Gasteiger charge is 2.14. The van der Waals surface area contributed by atoms with Gasteiger partial charge in [-0.2, -0.15) is 0 Å². The van der Waals surface area contributed by atoms with Crippen molar-refractivity contribution in [3.8, 4) is 0 Å². The van der Waals surface area contributed by atoms with Crippen molar-refractivity contribution in [3.05, 3.63) is 10.8 Å². The quantitative estimate of drug-likeness (QED) is 0.575. The molecular weight excluding hydrogens is 282 g/mol. The van der Waals surface area contributed by atoms with Crippen LogP contribution < -0.4 is 16.6 Å². The molecule has 0 aliphatic heterocycles. The summed E-state index contributed by atoms with van der Waals surface area (Å²) in [5.41, 5.74) is 2.53. The molecule has 1 aromatic rings. The molecule has 4 N–H and O–H groups in total. The fraction of sp³-hybridized carbons (Fsp3) is 0.636. The van der Waals surface area contributed by atoms with Gasteiger partial charge in [-0.15, -0.1) is 0 Å². The molecule has 1 heterocycles. The van der Waals surface area contributed by atoms with Gasteiger partial charge in [-0.1, -0.05) is 25.7 Å². The van der Waals surface area contributed by atoms with E-state index in [-0.39, 0.29) is 0 Å². The lowest BCUT2D eigenvalue weighted by molar-refractivity contribution is 0.518. The van der Waals surface area contributed by atoms with Crippen molar-refractivity contribution in [1.29, 1.82) is 0 Å². The summed E-state index contributed by atoms with van der Waals surface area (Å²) in [4.78, 5) is 8.20. The summed E-state index contributed by atoms with van der Waals surface area (Å²) in [6.07, 6.45) is 8.25. The van der Waals surface area contributed by atoms with E-state index in [2.05, 4.69) is 36.6 Å². The van der Waals surface area contributed by atoms with Crippen molar-refractivity contribution in [1.82, 2.24) is 9.97 Å². The minimum atomic E-state index is 0.600. The van der Waals surface area contributed by atoms with Gasteiger partial charge in [0.05, 0.1) is 0 Å². The van der Waals surface area contributed by atoms with Gasteiger partial charge in [0.1, 0.15) is 16.6 Å². The Kier molecular flexibility index (Phi) is 4.56. The van der Waals surface area contributed by atoms with Crippen molar-refractivity contribution in [3.63, 3.8) is 0 Å². The molecule has 0 amide bonds. The van der Waals surface area contributed by atoms with E-state index in [1.807, 2.05) is 0 Å². The molecule has 17 heavy (non-hydrogen) atoms. The summed E-state index contributed by atoms with van der Waals surface area (Å²) < 4.78 is 0.786. The minimum absolute atomic E-state index is 0.600. The maximum atomic E-state index is 5.35. The Labute approximate surface area is 110 Å². The van der Waals surface area contributed by atoms with Gasteiger partial charge < -0.3 is 10.7 Å². The second kappa shape index (κ2) is 6.16. The number of hydrogen-bond donors (Lipinski definition) is 3. The van der Waals surface area contributed by atoms with Crippen LogP contribution in [-0.2, 0) is 0 Å². The fourth-order valence-corrected chi connectivity index (χ4v) is 2.75. The number of hydrazine groups is 1. The first-order valence-corrected chi connectivity index (χ1v) is 6.81. The van der Waals surface area contributed by atoms with Gasteiger partial charge in [0.15, 0.2) is 5.82 Å². The molecule has 94 valence electrons. The molecule has 0 spiro atoms. The molecule has 1 aliphatic rings. The Morgan fingerprint density at radius 3 is 2.71 bits per heavy atom. The van der Waals surface area contributed by atoms with Gasteiger partial charge in [0, 0.05) is 6.54 Å². The largest absolute Gasteiger partial charge is 0.369 e. The van der Waals surface area contributed by atoms with Crippen molar-refractivity contribution >= 4 is 27.6 Å². The lowest BCUT2D eigenvalue weighted by Gasteiger charge is -2.12. The summed E-state index contributed by atoms with van der Waals surface area (Å²) in [5, 5.41) is 3.32. The molecule has 0 bridgehead atoms. The van der Waals surface area contributed by atoms with E-state index >= 15 is 0 Å². The van der Waals surface area contributed by atoms with Gasteiger partial charge in [-0.25, -0.2) is 15.8 Å². The normalized spacial score (nSPS) is 16.1. The first-order chi connectivity index (χ1) is 8.31. The average Bonchev–Trinajstić information content (AvgIpc) is 2.84. The Morgan fingerprint density at radius 2 is 2.00 bits per heavy atom. The van der Waals surface area contributed by atoms with Crippen LogP contribution in [0.25, 0.3) is 0 Å². The van der Waals surface area contributed by atoms with Crippen molar-refractivity contribution in [2.75, 3.05) is 17.3 Å². The maximum absolute atomic E-state index is 5.35. The molecule has 1 saturated carbocycles. The average molecular weight is 300 g/mol. The predicted octanol–water partition coefficient (Wildman–Crippen LogP) is 2.52. The second-order valence-electron chi connectivity index (χ2n) is 4.40. The molecule has 0 saturated heterocycles. The van der Waals surface area contributed by atoms with Crippen LogP contribution in [0.1, 0.15) is 32.1 Å². The van der Waals surface area contributed by atoms with Crippen LogP contribution in [0.3, 0.4) is 0 Å². The summed E-state index contributed by atoms with van der Waals surface area (Å²) >= 11 is 3.43. The number of nitrogens with one attached hydrogen (secondary N) is 2. The van der Waals surface area contributed by atoms with E-state index in [1.165, 1.54) is 38.4 Å². The third kappa shape index (κ3) is 3.29. The summed E-state index contributed by atoms with van der Waals surface area (Å²) in [6, 6.07) is 0. The highest BCUT2D eigenvalue weighted by atomic mass is 79.9. The van der Waals surface area contributed by atoms with Crippen LogP contribution in [0.4, 0.5) is 11.6 Å². The minimum Gasteiger partial charge on any atom is -0.369 e. The molecule has 5 nitrogen and oxygen atoms in total. The lowest BCUT2D eigenvalue weighted by Crippen LogP contribution is -2.12. The zero-order valence-electron chi connectivity index (χ0n) is 9.75. The molecular formula is C11H18BrN5. The number of nitrogen functional groups attached to an aromatic ring is 1. The third-order valence-electron chi connectivity index (χ3n) is 3.25. The molecule has 6 heteroatoms. The van der Waals surface area contributed by atoms with Gasteiger partial charge in [0.25, 0.3) is 0 Å². The zero-order chi connectivity index (χ0) is 12.1. The number of anilines is 2. The van der Waals surface area contributed by atoms with Gasteiger partial charge >= 0.3 is 0 Å². The highest BCUT2D eigenvalue weighted by molar-refractivity contribution is 9.10. The highest BCUT2D eigenvalue weighted by Crippen LogP contribution is 2.29. The number of nitrogens with zero attached hydrogens (tertiary/aromatic N) is 2. The van der Waals surface area contributed by atoms with Crippen LogP contribution in [0.2, 0.25) is 0 Å². The van der Waals surface area contributed by atoms with Crippen LogP contribution in [0.5, 0.6) is 0 Å². The standard InChI is InChI=1S/C11H18BrN5/c12-9-10(15-7-16-11(9)17-13)14-6-5-8-3-1-2-4-8/h7-8H,1-6,13H2,(H2,14,15,16,17). The van der Waals surface area contributed by atoms with E-state index in [9.17, 15) is 0 Å². The molecule has 0 unspecified atom stereocenters. The first-order valence-electron chi connectivity index (χ1n) is 6.02. The Balaban J connectivity index is 1.85. The predicted molar refractivity (Wildman–Crippen MR) is 72.6 cm³/mol. The number of hydrogen-bond acceptors (Lipinski definition) is 5. The van der Waals surface area contributed by atoms with Gasteiger partial charge in [0.2, 0.25) is 0 Å². The summed E-state index contributed by atoms with van der Waals surface area (Å²) in [6.45, 7) is 0.949. The maximum Gasteiger partial charge on any atom is 0.159 e. The Hall–Kier alpha value is -0.880. The van der Waals surface area contributed by atoms with E-state index < -0.39 is 0 Å². The van der Waals surface area contributed by atoms with Crippen LogP contribution in [-0.4, -0.2) is 16.5 Å². The van der Waals surface area contributed by atoms with Gasteiger partial charge in [-0.05, 0) is 28.3 Å². The Bertz CT molecular complexity index is 365. The van der Waals surface area contributed by atoms with E-state index in [0.717, 1.165) is 22.8 Å². The van der Waals surface area contributed by atoms with E-state index in [4.69, 9.17) is 5.84 Å². The molecule has 1 aliphatic carbocycles. The zero-order valence-corrected chi connectivity index (χ0v) is 11.3. The molecule has 2 rings (SSSR count). The van der Waals surface area contributed by atoms with Crippen molar-refractivity contribution in [2.24, 2.45) is 11.8 Å². The molecule has 1 fully saturated rings. The van der Waals surface area contributed by atoms with Gasteiger partial charge in [-0.3, -0.25) is 0 Å². The summed E-state index contributed by atoms with van der Waals surface area (Å²) in [5.74, 6) is 7.63. The number of nitrogens with two attached hydrogens (primary N) is 1. The summed E-state index contributed by atoms with van der Waals surface area (Å²) in [7, 11) is 0. The van der Waals surface area contributed by atoms with Crippen LogP contribution in [0.15, 0.2) is 10.8 Å². The van der Waals surface area contributed by atoms with Crippen molar-refractivity contribution in [2.45, 2.75) is 32.1 Å². The smallest absolute Gasteiger partial charge is 0.159 e. The number of halogens is 1. The molecule has 0 radical (unpaired) electrons. The first kappa shape index (κ1) is 12.6. The number of aromatic nitrogens is 2. The fourth-order valence-electron chi connectivity index (χ4n) is 2.29. The Morgan fingerprint density at radius 1 is 1.29 bits per heavy atom.